The molecule has 1 amide bonds. The molecule has 1 aromatic heterocycles. The van der Waals surface area contributed by atoms with Crippen molar-refractivity contribution in [1.29, 1.82) is 0 Å². The van der Waals surface area contributed by atoms with E-state index in [4.69, 9.17) is 23.8 Å². The van der Waals surface area contributed by atoms with E-state index in [-0.39, 0.29) is 11.7 Å². The standard InChI is InChI=1S/C16H11ClN2O2S2/c17-12-3-4-13(20)11(6-12)7-14-15(21)19(16(22)23-14)9-10-2-1-5-18-8-10/h1-8,20H,9H2. The van der Waals surface area contributed by atoms with Gasteiger partial charge in [0.2, 0.25) is 0 Å². The molecule has 1 saturated heterocycles. The molecule has 1 aliphatic rings. The van der Waals surface area contributed by atoms with Gasteiger partial charge < -0.3 is 5.11 Å². The molecule has 23 heavy (non-hydrogen) atoms. The van der Waals surface area contributed by atoms with Gasteiger partial charge in [-0.05, 0) is 35.9 Å². The van der Waals surface area contributed by atoms with E-state index < -0.39 is 0 Å². The lowest BCUT2D eigenvalue weighted by molar-refractivity contribution is -0.122. The van der Waals surface area contributed by atoms with Crippen molar-refractivity contribution in [1.82, 2.24) is 9.88 Å². The van der Waals surface area contributed by atoms with Crippen LogP contribution in [0.3, 0.4) is 0 Å². The van der Waals surface area contributed by atoms with Crippen molar-refractivity contribution < 1.29 is 9.90 Å². The number of halogens is 1. The van der Waals surface area contributed by atoms with Gasteiger partial charge in [-0.15, -0.1) is 0 Å². The highest BCUT2D eigenvalue weighted by Gasteiger charge is 2.32. The lowest BCUT2D eigenvalue weighted by atomic mass is 10.2. The third kappa shape index (κ3) is 3.55. The monoisotopic (exact) mass is 362 g/mol. The summed E-state index contributed by atoms with van der Waals surface area (Å²) in [7, 11) is 0. The van der Waals surface area contributed by atoms with E-state index in [9.17, 15) is 9.90 Å². The molecule has 2 heterocycles. The van der Waals surface area contributed by atoms with Gasteiger partial charge >= 0.3 is 0 Å². The summed E-state index contributed by atoms with van der Waals surface area (Å²) in [6.07, 6.45) is 4.98. The normalized spacial score (nSPS) is 16.4. The quantitative estimate of drug-likeness (QED) is 0.664. The lowest BCUT2D eigenvalue weighted by Crippen LogP contribution is -2.27. The molecule has 0 atom stereocenters. The number of nitrogens with zero attached hydrogens (tertiary/aromatic N) is 2. The molecular weight excluding hydrogens is 352 g/mol. The van der Waals surface area contributed by atoms with Crippen LogP contribution in [0.15, 0.2) is 47.6 Å². The van der Waals surface area contributed by atoms with E-state index in [1.54, 1.807) is 30.6 Å². The molecule has 116 valence electrons. The number of aromatic hydroxyl groups is 1. The van der Waals surface area contributed by atoms with Crippen LogP contribution in [0.25, 0.3) is 6.08 Å². The van der Waals surface area contributed by atoms with Crippen molar-refractivity contribution in [2.45, 2.75) is 6.54 Å². The van der Waals surface area contributed by atoms with Gasteiger partial charge in [-0.2, -0.15) is 0 Å². The minimum absolute atomic E-state index is 0.0620. The maximum atomic E-state index is 12.5. The number of rotatable bonds is 3. The average Bonchev–Trinajstić information content (AvgIpc) is 2.80. The number of thiocarbonyl (C=S) groups is 1. The van der Waals surface area contributed by atoms with Crippen molar-refractivity contribution in [2.75, 3.05) is 0 Å². The van der Waals surface area contributed by atoms with Crippen LogP contribution in [0.5, 0.6) is 5.75 Å². The summed E-state index contributed by atoms with van der Waals surface area (Å²) in [4.78, 5) is 18.5. The Kier molecular flexibility index (Phi) is 4.66. The third-order valence-electron chi connectivity index (χ3n) is 3.21. The number of amides is 1. The van der Waals surface area contributed by atoms with E-state index in [1.165, 1.54) is 22.7 Å². The number of phenolic OH excluding ortho intramolecular Hbond substituents is 1. The zero-order chi connectivity index (χ0) is 16.4. The number of carbonyl (C=O) groups is 1. The molecule has 0 saturated carbocycles. The molecule has 0 spiro atoms. The Hall–Kier alpha value is -1.89. The third-order valence-corrected chi connectivity index (χ3v) is 4.83. The maximum Gasteiger partial charge on any atom is 0.266 e. The molecular formula is C16H11ClN2O2S2. The maximum absolute atomic E-state index is 12.5. The Morgan fingerprint density at radius 1 is 1.39 bits per heavy atom. The first kappa shape index (κ1) is 16.0. The molecule has 2 aromatic rings. The molecule has 0 unspecified atom stereocenters. The van der Waals surface area contributed by atoms with Crippen molar-refractivity contribution in [3.05, 3.63) is 63.8 Å². The number of pyridine rings is 1. The number of benzene rings is 1. The number of carbonyl (C=O) groups excluding carboxylic acids is 1. The van der Waals surface area contributed by atoms with Gasteiger partial charge in [0.25, 0.3) is 5.91 Å². The van der Waals surface area contributed by atoms with Gasteiger partial charge in [0.15, 0.2) is 0 Å². The number of aromatic nitrogens is 1. The lowest BCUT2D eigenvalue weighted by Gasteiger charge is -2.13. The predicted octanol–water partition coefficient (Wildman–Crippen LogP) is 3.84. The highest BCUT2D eigenvalue weighted by atomic mass is 35.5. The van der Waals surface area contributed by atoms with E-state index in [0.29, 0.717) is 26.4 Å². The van der Waals surface area contributed by atoms with Gasteiger partial charge in [-0.25, -0.2) is 0 Å². The summed E-state index contributed by atoms with van der Waals surface area (Å²) >= 11 is 12.4. The summed E-state index contributed by atoms with van der Waals surface area (Å²) in [5.41, 5.74) is 1.38. The Balaban J connectivity index is 1.86. The first-order valence-electron chi connectivity index (χ1n) is 6.67. The summed E-state index contributed by atoms with van der Waals surface area (Å²) < 4.78 is 0.478. The van der Waals surface area contributed by atoms with E-state index in [1.807, 2.05) is 12.1 Å². The van der Waals surface area contributed by atoms with Crippen molar-refractivity contribution in [2.24, 2.45) is 0 Å². The van der Waals surface area contributed by atoms with E-state index >= 15 is 0 Å². The summed E-state index contributed by atoms with van der Waals surface area (Å²) in [6.45, 7) is 0.372. The fourth-order valence-electron chi connectivity index (χ4n) is 2.09. The molecule has 4 nitrogen and oxygen atoms in total. The average molecular weight is 363 g/mol. The van der Waals surface area contributed by atoms with E-state index in [0.717, 1.165) is 5.56 Å². The van der Waals surface area contributed by atoms with Crippen LogP contribution in [0.1, 0.15) is 11.1 Å². The zero-order valence-corrected chi connectivity index (χ0v) is 14.2. The molecule has 1 aliphatic heterocycles. The van der Waals surface area contributed by atoms with Gasteiger partial charge in [0, 0.05) is 23.0 Å². The minimum Gasteiger partial charge on any atom is -0.507 e. The summed E-state index contributed by atoms with van der Waals surface area (Å²) in [5, 5.41) is 10.4. The number of thioether (sulfide) groups is 1. The molecule has 1 aromatic carbocycles. The second kappa shape index (κ2) is 6.70. The minimum atomic E-state index is -0.191. The molecule has 0 radical (unpaired) electrons. The number of phenols is 1. The predicted molar refractivity (Wildman–Crippen MR) is 96.1 cm³/mol. The number of hydrogen-bond acceptors (Lipinski definition) is 5. The first-order chi connectivity index (χ1) is 11.0. The van der Waals surface area contributed by atoms with Crippen molar-refractivity contribution >= 4 is 51.9 Å². The Morgan fingerprint density at radius 3 is 2.96 bits per heavy atom. The van der Waals surface area contributed by atoms with Crippen molar-refractivity contribution in [3.8, 4) is 5.75 Å². The number of hydrogen-bond donors (Lipinski definition) is 1. The van der Waals surface area contributed by atoms with Crippen LogP contribution in [0, 0.1) is 0 Å². The SMILES string of the molecule is O=C1C(=Cc2cc(Cl)ccc2O)SC(=S)N1Cc1cccnc1. The Morgan fingerprint density at radius 2 is 2.22 bits per heavy atom. The smallest absolute Gasteiger partial charge is 0.266 e. The highest BCUT2D eigenvalue weighted by molar-refractivity contribution is 8.26. The second-order valence-corrected chi connectivity index (χ2v) is 6.94. The molecule has 7 heteroatoms. The molecule has 1 fully saturated rings. The van der Waals surface area contributed by atoms with Crippen LogP contribution < -0.4 is 0 Å². The van der Waals surface area contributed by atoms with Gasteiger partial charge in [0.1, 0.15) is 10.1 Å². The topological polar surface area (TPSA) is 53.4 Å². The van der Waals surface area contributed by atoms with Crippen LogP contribution in [0.4, 0.5) is 0 Å². The molecule has 0 bridgehead atoms. The summed E-state index contributed by atoms with van der Waals surface area (Å²) in [6, 6.07) is 8.38. The van der Waals surface area contributed by atoms with Crippen LogP contribution >= 0.6 is 35.6 Å². The molecule has 1 N–H and O–H groups in total. The molecule has 0 aliphatic carbocycles. The molecule has 3 rings (SSSR count). The van der Waals surface area contributed by atoms with Crippen LogP contribution in [0.2, 0.25) is 5.02 Å². The largest absolute Gasteiger partial charge is 0.507 e. The fraction of sp³-hybridized carbons (Fsp3) is 0.0625. The highest BCUT2D eigenvalue weighted by Crippen LogP contribution is 2.35. The zero-order valence-electron chi connectivity index (χ0n) is 11.8. The Labute approximate surface area is 147 Å². The summed E-state index contributed by atoms with van der Waals surface area (Å²) in [5.74, 6) is -0.129. The van der Waals surface area contributed by atoms with Gasteiger partial charge in [-0.1, -0.05) is 41.6 Å². The van der Waals surface area contributed by atoms with Gasteiger partial charge in [0.05, 0.1) is 11.4 Å². The van der Waals surface area contributed by atoms with Crippen LogP contribution in [-0.4, -0.2) is 25.2 Å². The van der Waals surface area contributed by atoms with Crippen molar-refractivity contribution in [3.63, 3.8) is 0 Å². The van der Waals surface area contributed by atoms with Crippen LogP contribution in [-0.2, 0) is 11.3 Å². The Bertz CT molecular complexity index is 809. The first-order valence-corrected chi connectivity index (χ1v) is 8.27. The second-order valence-electron chi connectivity index (χ2n) is 4.83. The van der Waals surface area contributed by atoms with E-state index in [2.05, 4.69) is 4.98 Å². The van der Waals surface area contributed by atoms with Gasteiger partial charge in [-0.3, -0.25) is 14.7 Å². The fourth-order valence-corrected chi connectivity index (χ4v) is 3.52.